The minimum absolute atomic E-state index is 0.0757. The van der Waals surface area contributed by atoms with Gasteiger partial charge in [0.1, 0.15) is 11.5 Å². The topological polar surface area (TPSA) is 19.0 Å². The zero-order chi connectivity index (χ0) is 52.0. The molecule has 79 heavy (non-hydrogen) atoms. The number of rotatable bonds is 8. The molecule has 368 valence electrons. The Labute approximate surface area is 465 Å². The molecule has 0 saturated heterocycles. The molecule has 0 amide bonds. The highest BCUT2D eigenvalue weighted by Crippen LogP contribution is 2.50. The Morgan fingerprint density at radius 1 is 0.291 bits per heavy atom. The summed E-state index contributed by atoms with van der Waals surface area (Å²) in [5.41, 5.74) is 24.6. The SMILES string of the molecule is c1ccc(-c2cc3c4c(c2)N(c2ccccc2-c2ccccc2)c2ccccc2B4c2cc4c(cc2O3)Sc2cc(N(c3ccccc3)c3ccccc3)cc3c2B4c2ccccc2N3c2ccccc2-c2ccccc2)cc1. The Hall–Kier alpha value is -9.68. The van der Waals surface area contributed by atoms with E-state index < -0.39 is 0 Å². The van der Waals surface area contributed by atoms with Gasteiger partial charge in [-0.1, -0.05) is 223 Å². The maximum atomic E-state index is 7.48. The van der Waals surface area contributed by atoms with E-state index in [1.807, 2.05) is 11.8 Å². The number of fused-ring (bicyclic) bond motifs is 8. The second kappa shape index (κ2) is 18.5. The van der Waals surface area contributed by atoms with Crippen LogP contribution >= 0.6 is 11.8 Å². The van der Waals surface area contributed by atoms with Crippen LogP contribution in [0.4, 0.5) is 51.2 Å². The summed E-state index contributed by atoms with van der Waals surface area (Å²) in [6.45, 7) is -0.180. The number of anilines is 9. The number of nitrogens with zero attached hydrogens (tertiary/aromatic N) is 3. The van der Waals surface area contributed by atoms with Crippen LogP contribution in [-0.4, -0.2) is 13.4 Å². The van der Waals surface area contributed by atoms with Gasteiger partial charge in [0.15, 0.2) is 0 Å². The lowest BCUT2D eigenvalue weighted by Crippen LogP contribution is -2.63. The lowest BCUT2D eigenvalue weighted by molar-refractivity contribution is 0.486. The summed E-state index contributed by atoms with van der Waals surface area (Å²) in [7, 11) is 0. The molecule has 0 saturated carbocycles. The summed E-state index contributed by atoms with van der Waals surface area (Å²) in [5, 5.41) is 0. The molecule has 12 aromatic carbocycles. The van der Waals surface area contributed by atoms with Crippen LogP contribution in [0.3, 0.4) is 0 Å². The highest BCUT2D eigenvalue weighted by molar-refractivity contribution is 8.00. The van der Waals surface area contributed by atoms with Gasteiger partial charge in [-0.05, 0) is 128 Å². The van der Waals surface area contributed by atoms with Gasteiger partial charge in [-0.25, -0.2) is 0 Å². The zero-order valence-corrected chi connectivity index (χ0v) is 43.8. The molecule has 0 spiro atoms. The molecular weight excluding hydrogens is 977 g/mol. The summed E-state index contributed by atoms with van der Waals surface area (Å²) in [5.74, 6) is 1.78. The average Bonchev–Trinajstić information content (AvgIpc) is 3.34. The minimum Gasteiger partial charge on any atom is -0.458 e. The molecule has 4 nitrogen and oxygen atoms in total. The predicted octanol–water partition coefficient (Wildman–Crippen LogP) is 15.3. The number of benzene rings is 12. The maximum Gasteiger partial charge on any atom is 0.256 e. The van der Waals surface area contributed by atoms with Gasteiger partial charge in [-0.3, -0.25) is 0 Å². The number of ether oxygens (including phenoxy) is 1. The normalized spacial score (nSPS) is 13.0. The van der Waals surface area contributed by atoms with E-state index >= 15 is 0 Å². The van der Waals surface area contributed by atoms with Gasteiger partial charge >= 0.3 is 0 Å². The Balaban J connectivity index is 0.936. The van der Waals surface area contributed by atoms with Crippen LogP contribution in [-0.2, 0) is 0 Å². The first-order chi connectivity index (χ1) is 39.2. The fraction of sp³-hybridized carbons (Fsp3) is 0. The van der Waals surface area contributed by atoms with E-state index in [0.717, 1.165) is 62.4 Å². The summed E-state index contributed by atoms with van der Waals surface area (Å²) >= 11 is 1.87. The van der Waals surface area contributed by atoms with Crippen molar-refractivity contribution in [2.24, 2.45) is 0 Å². The average molecular weight is 1020 g/mol. The minimum atomic E-state index is -0.105. The molecule has 0 fully saturated rings. The van der Waals surface area contributed by atoms with Gasteiger partial charge in [0.25, 0.3) is 6.71 Å². The lowest BCUT2D eigenvalue weighted by Gasteiger charge is -2.43. The van der Waals surface area contributed by atoms with Crippen molar-refractivity contribution in [3.63, 3.8) is 0 Å². The lowest BCUT2D eigenvalue weighted by atomic mass is 9.31. The molecule has 4 aliphatic rings. The Bertz CT molecular complexity index is 4310. The fourth-order valence-corrected chi connectivity index (χ4v) is 14.2. The van der Waals surface area contributed by atoms with Crippen molar-refractivity contribution in [2.75, 3.05) is 14.7 Å². The van der Waals surface area contributed by atoms with Crippen molar-refractivity contribution in [1.82, 2.24) is 0 Å². The molecule has 4 aliphatic heterocycles. The van der Waals surface area contributed by atoms with Crippen LogP contribution in [0.1, 0.15) is 0 Å². The molecule has 7 heteroatoms. The molecule has 0 aromatic heterocycles. The molecular formula is C72H47B2N3OS. The molecule has 16 rings (SSSR count). The van der Waals surface area contributed by atoms with Crippen molar-refractivity contribution >= 4 is 109 Å². The molecule has 0 radical (unpaired) electrons. The van der Waals surface area contributed by atoms with Gasteiger partial charge < -0.3 is 19.4 Å². The number of para-hydroxylation sites is 6. The summed E-state index contributed by atoms with van der Waals surface area (Å²) in [6.07, 6.45) is 0. The van der Waals surface area contributed by atoms with Crippen molar-refractivity contribution in [3.8, 4) is 44.9 Å². The van der Waals surface area contributed by atoms with Gasteiger partial charge in [-0.15, -0.1) is 0 Å². The van der Waals surface area contributed by atoms with E-state index in [9.17, 15) is 0 Å². The monoisotopic (exact) mass is 1020 g/mol. The smallest absolute Gasteiger partial charge is 0.256 e. The molecule has 0 atom stereocenters. The first-order valence-electron chi connectivity index (χ1n) is 27.1. The van der Waals surface area contributed by atoms with E-state index in [-0.39, 0.29) is 13.4 Å². The number of hydrogen-bond acceptors (Lipinski definition) is 5. The first kappa shape index (κ1) is 45.5. The fourth-order valence-electron chi connectivity index (χ4n) is 13.0. The van der Waals surface area contributed by atoms with Crippen LogP contribution in [0.2, 0.25) is 0 Å². The highest BCUT2D eigenvalue weighted by Gasteiger charge is 2.47. The molecule has 0 aliphatic carbocycles. The summed E-state index contributed by atoms with van der Waals surface area (Å²) < 4.78 is 7.48. The van der Waals surface area contributed by atoms with E-state index in [0.29, 0.717) is 0 Å². The van der Waals surface area contributed by atoms with Crippen LogP contribution in [0, 0.1) is 0 Å². The molecule has 4 heterocycles. The van der Waals surface area contributed by atoms with Gasteiger partial charge in [0, 0.05) is 60.7 Å². The third kappa shape index (κ3) is 7.34. The Morgan fingerprint density at radius 3 is 1.30 bits per heavy atom. The molecule has 0 N–H and O–H groups in total. The third-order valence-electron chi connectivity index (χ3n) is 16.3. The van der Waals surface area contributed by atoms with Crippen LogP contribution in [0.5, 0.6) is 11.5 Å². The van der Waals surface area contributed by atoms with Crippen LogP contribution in [0.25, 0.3) is 33.4 Å². The van der Waals surface area contributed by atoms with Gasteiger partial charge in [-0.2, -0.15) is 0 Å². The van der Waals surface area contributed by atoms with Gasteiger partial charge in [0.05, 0.1) is 11.4 Å². The Morgan fingerprint density at radius 2 is 0.747 bits per heavy atom. The van der Waals surface area contributed by atoms with E-state index in [4.69, 9.17) is 4.74 Å². The predicted molar refractivity (Wildman–Crippen MR) is 333 cm³/mol. The molecule has 12 aromatic rings. The van der Waals surface area contributed by atoms with Gasteiger partial charge in [0.2, 0.25) is 6.71 Å². The van der Waals surface area contributed by atoms with Crippen molar-refractivity contribution in [1.29, 1.82) is 0 Å². The van der Waals surface area contributed by atoms with E-state index in [1.165, 1.54) is 76.2 Å². The second-order valence-corrected chi connectivity index (χ2v) is 21.8. The largest absolute Gasteiger partial charge is 0.458 e. The standard InChI is InChI=1S/C72H47B2N3OS/c1-6-24-48(25-7-1)51-42-65-71-68(43-51)78-67-47-69-60(46-59(67)73(71)57-36-18-22-40-63(57)76(65)61-38-20-16-34-55(61)49-26-8-2-9-27-49)74-58-37-19-23-41-64(58)77(62-39-21-17-35-56(62)50-28-10-3-11-29-50)66-44-54(45-70(79-69)72(66)74)75(52-30-12-4-13-31-52)53-32-14-5-15-33-53/h1-47H. The van der Waals surface area contributed by atoms with E-state index in [2.05, 4.69) is 300 Å². The molecule has 0 unspecified atom stereocenters. The quantitative estimate of drug-likeness (QED) is 0.141. The molecule has 0 bridgehead atoms. The summed E-state index contributed by atoms with van der Waals surface area (Å²) in [4.78, 5) is 9.86. The zero-order valence-electron chi connectivity index (χ0n) is 42.9. The Kier molecular flexibility index (Phi) is 10.7. The van der Waals surface area contributed by atoms with Crippen molar-refractivity contribution in [3.05, 3.63) is 285 Å². The first-order valence-corrected chi connectivity index (χ1v) is 28.0. The maximum absolute atomic E-state index is 7.48. The third-order valence-corrected chi connectivity index (χ3v) is 17.5. The van der Waals surface area contributed by atoms with Crippen LogP contribution in [0.15, 0.2) is 295 Å². The second-order valence-electron chi connectivity index (χ2n) is 20.7. The highest BCUT2D eigenvalue weighted by atomic mass is 32.2. The van der Waals surface area contributed by atoms with Crippen molar-refractivity contribution in [2.45, 2.75) is 9.79 Å². The van der Waals surface area contributed by atoms with Crippen LogP contribution < -0.4 is 52.2 Å². The number of hydrogen-bond donors (Lipinski definition) is 0. The summed E-state index contributed by atoms with van der Waals surface area (Å²) in [6, 6.07) is 104. The van der Waals surface area contributed by atoms with Crippen molar-refractivity contribution < 1.29 is 4.74 Å². The van der Waals surface area contributed by atoms with E-state index in [1.54, 1.807) is 0 Å².